The van der Waals surface area contributed by atoms with Crippen LogP contribution in [0.3, 0.4) is 0 Å². The number of benzene rings is 2. The van der Waals surface area contributed by atoms with E-state index in [0.29, 0.717) is 22.3 Å². The number of rotatable bonds is 6. The third-order valence-corrected chi connectivity index (χ3v) is 5.81. The third-order valence-electron chi connectivity index (χ3n) is 5.81. The molecular weight excluding hydrogens is 508 g/mol. The first kappa shape index (κ1) is 31.1. The molecule has 12 nitrogen and oxygen atoms in total. The number of phenolic OH excluding ortho intramolecular Hbond substituents is 2. The van der Waals surface area contributed by atoms with Crippen LogP contribution in [0, 0.1) is 0 Å². The number of aliphatic carboxylic acids is 2. The highest BCUT2D eigenvalue weighted by Gasteiger charge is 2.24. The van der Waals surface area contributed by atoms with Crippen molar-refractivity contribution >= 4 is 23.8 Å². The van der Waals surface area contributed by atoms with Crippen molar-refractivity contribution in [3.63, 3.8) is 0 Å². The molecule has 0 fully saturated rings. The van der Waals surface area contributed by atoms with Crippen LogP contribution in [-0.2, 0) is 32.0 Å². The molecule has 2 amide bonds. The van der Waals surface area contributed by atoms with Gasteiger partial charge in [-0.25, -0.2) is 0 Å². The molecule has 4 bridgehead atoms. The number of carbonyl (C=O) groups is 4. The van der Waals surface area contributed by atoms with Gasteiger partial charge in [0.2, 0.25) is 11.8 Å². The molecule has 0 radical (unpaired) electrons. The second-order valence-electron chi connectivity index (χ2n) is 9.29. The Hall–Kier alpha value is -4.16. The van der Waals surface area contributed by atoms with Gasteiger partial charge in [0.05, 0.1) is 19.0 Å². The van der Waals surface area contributed by atoms with E-state index in [0.717, 1.165) is 0 Å². The van der Waals surface area contributed by atoms with E-state index in [-0.39, 0.29) is 30.9 Å². The Labute approximate surface area is 226 Å². The number of phenols is 2. The molecule has 0 aromatic heterocycles. The average molecular weight is 545 g/mol. The number of amides is 2. The van der Waals surface area contributed by atoms with Crippen molar-refractivity contribution in [3.8, 4) is 22.6 Å². The number of nitrogens with two attached hydrogens (primary N) is 1. The molecule has 0 aliphatic carbocycles. The van der Waals surface area contributed by atoms with E-state index in [9.17, 15) is 34.5 Å². The van der Waals surface area contributed by atoms with Crippen LogP contribution in [0.1, 0.15) is 37.8 Å². The Kier molecular flexibility index (Phi) is 11.7. The van der Waals surface area contributed by atoms with E-state index in [1.165, 1.54) is 18.6 Å². The van der Waals surface area contributed by atoms with Crippen LogP contribution in [0.25, 0.3) is 11.1 Å². The van der Waals surface area contributed by atoms with Crippen molar-refractivity contribution in [1.29, 1.82) is 0 Å². The van der Waals surface area contributed by atoms with Gasteiger partial charge in [0.1, 0.15) is 17.5 Å². The Bertz CT molecular complexity index is 1190. The van der Waals surface area contributed by atoms with Gasteiger partial charge in [-0.2, -0.15) is 0 Å². The number of carbonyl (C=O) groups excluding carboxylic acids is 2. The third kappa shape index (κ3) is 9.58. The SMILES string of the molecule is CCC.NC1Cc2cc(ccc2O)-c2ccc(O)c(c2)CC(CNC(CC(=O)O)C(=O)O)NC(=O)CNC1=O. The summed E-state index contributed by atoms with van der Waals surface area (Å²) in [6.07, 6.45) is 0.662. The summed E-state index contributed by atoms with van der Waals surface area (Å²) in [4.78, 5) is 47.4. The molecule has 39 heavy (non-hydrogen) atoms. The topological polar surface area (TPSA) is 211 Å². The van der Waals surface area contributed by atoms with Gasteiger partial charge in [-0.1, -0.05) is 32.4 Å². The van der Waals surface area contributed by atoms with Gasteiger partial charge in [-0.15, -0.1) is 0 Å². The summed E-state index contributed by atoms with van der Waals surface area (Å²) in [7, 11) is 0. The maximum absolute atomic E-state index is 12.5. The normalized spacial score (nSPS) is 18.2. The molecule has 1 aliphatic rings. The van der Waals surface area contributed by atoms with Gasteiger partial charge >= 0.3 is 11.9 Å². The van der Waals surface area contributed by atoms with Crippen LogP contribution in [0.4, 0.5) is 0 Å². The zero-order valence-corrected chi connectivity index (χ0v) is 21.9. The summed E-state index contributed by atoms with van der Waals surface area (Å²) >= 11 is 0. The van der Waals surface area contributed by atoms with Crippen molar-refractivity contribution in [2.75, 3.05) is 13.1 Å². The van der Waals surface area contributed by atoms with E-state index in [2.05, 4.69) is 29.8 Å². The molecule has 12 heteroatoms. The van der Waals surface area contributed by atoms with Gasteiger partial charge in [-0.3, -0.25) is 19.2 Å². The Balaban J connectivity index is 0.00000170. The zero-order valence-electron chi connectivity index (χ0n) is 21.9. The largest absolute Gasteiger partial charge is 0.508 e. The molecule has 0 spiro atoms. The number of hydrogen-bond donors (Lipinski definition) is 8. The van der Waals surface area contributed by atoms with Crippen LogP contribution in [0.5, 0.6) is 11.5 Å². The number of nitrogens with one attached hydrogen (secondary N) is 3. The van der Waals surface area contributed by atoms with Crippen LogP contribution in [-0.4, -0.2) is 75.4 Å². The summed E-state index contributed by atoms with van der Waals surface area (Å²) in [5.74, 6) is -3.97. The second kappa shape index (κ2) is 14.7. The van der Waals surface area contributed by atoms with Crippen LogP contribution < -0.4 is 21.7 Å². The van der Waals surface area contributed by atoms with Gasteiger partial charge in [0, 0.05) is 19.0 Å². The lowest BCUT2D eigenvalue weighted by molar-refractivity contribution is -0.146. The molecule has 3 atom stereocenters. The molecule has 1 aliphatic heterocycles. The van der Waals surface area contributed by atoms with E-state index in [1.807, 2.05) is 0 Å². The summed E-state index contributed by atoms with van der Waals surface area (Å²) in [6, 6.07) is 6.47. The first-order valence-electron chi connectivity index (χ1n) is 12.6. The molecule has 9 N–H and O–H groups in total. The fraction of sp³-hybridized carbons (Fsp3) is 0.407. The lowest BCUT2D eigenvalue weighted by Gasteiger charge is -2.22. The van der Waals surface area contributed by atoms with Crippen molar-refractivity contribution in [1.82, 2.24) is 16.0 Å². The van der Waals surface area contributed by atoms with E-state index in [4.69, 9.17) is 10.8 Å². The smallest absolute Gasteiger partial charge is 0.321 e. The number of hydrogen-bond acceptors (Lipinski definition) is 8. The number of aromatic hydroxyl groups is 2. The predicted octanol–water partition coefficient (Wildman–Crippen LogP) is 0.726. The van der Waals surface area contributed by atoms with Crippen LogP contribution in [0.2, 0.25) is 0 Å². The standard InChI is InChI=1S/C24H28N4O8.C3H8/c25-17-8-15-6-13(2-4-20(15)30)12-1-3-19(29)14(5-12)7-16(28-21(31)11-27-23(17)34)10-26-18(24(35)36)9-22(32)33;1-3-2/h1-6,16-18,26,29-30H,7-11,25H2,(H,27,34)(H,28,31)(H,32,33)(H,35,36);3H2,1-2H3. The summed E-state index contributed by atoms with van der Waals surface area (Å²) in [5.41, 5.74) is 8.22. The predicted molar refractivity (Wildman–Crippen MR) is 143 cm³/mol. The van der Waals surface area contributed by atoms with Crippen molar-refractivity contribution in [2.24, 2.45) is 5.73 Å². The minimum absolute atomic E-state index is 0.0186. The quantitative estimate of drug-likeness (QED) is 0.255. The van der Waals surface area contributed by atoms with Crippen LogP contribution in [0.15, 0.2) is 36.4 Å². The highest BCUT2D eigenvalue weighted by molar-refractivity contribution is 5.87. The van der Waals surface area contributed by atoms with Crippen molar-refractivity contribution in [2.45, 2.75) is 57.7 Å². The maximum Gasteiger partial charge on any atom is 0.321 e. The molecule has 3 unspecified atom stereocenters. The fourth-order valence-electron chi connectivity index (χ4n) is 3.91. The molecule has 3 rings (SSSR count). The number of carboxylic acid groups (broad SMARTS) is 2. The minimum atomic E-state index is -1.40. The Morgan fingerprint density at radius 1 is 1.00 bits per heavy atom. The molecule has 2 aromatic rings. The van der Waals surface area contributed by atoms with Crippen molar-refractivity contribution < 1.29 is 39.6 Å². The first-order chi connectivity index (χ1) is 18.4. The molecular formula is C27H36N4O8. The first-order valence-corrected chi connectivity index (χ1v) is 12.6. The Morgan fingerprint density at radius 2 is 1.54 bits per heavy atom. The zero-order chi connectivity index (χ0) is 29.1. The molecule has 212 valence electrons. The van der Waals surface area contributed by atoms with E-state index < -0.39 is 54.8 Å². The average Bonchev–Trinajstić information content (AvgIpc) is 2.87. The number of fused-ring (bicyclic) bond motifs is 5. The minimum Gasteiger partial charge on any atom is -0.508 e. The van der Waals surface area contributed by atoms with Gasteiger partial charge in [0.15, 0.2) is 0 Å². The summed E-state index contributed by atoms with van der Waals surface area (Å²) in [5, 5.41) is 46.7. The monoisotopic (exact) mass is 544 g/mol. The highest BCUT2D eigenvalue weighted by atomic mass is 16.4. The lowest BCUT2D eigenvalue weighted by Crippen LogP contribution is -2.51. The van der Waals surface area contributed by atoms with E-state index >= 15 is 0 Å². The van der Waals surface area contributed by atoms with E-state index in [1.54, 1.807) is 24.3 Å². The maximum atomic E-state index is 12.5. The molecule has 0 saturated heterocycles. The summed E-state index contributed by atoms with van der Waals surface area (Å²) in [6.45, 7) is 3.70. The van der Waals surface area contributed by atoms with Gasteiger partial charge in [0.25, 0.3) is 0 Å². The van der Waals surface area contributed by atoms with Crippen molar-refractivity contribution in [3.05, 3.63) is 47.5 Å². The highest BCUT2D eigenvalue weighted by Crippen LogP contribution is 2.30. The van der Waals surface area contributed by atoms with Crippen LogP contribution >= 0.6 is 0 Å². The molecule has 2 aromatic carbocycles. The fourth-order valence-corrected chi connectivity index (χ4v) is 3.91. The Morgan fingerprint density at radius 3 is 2.05 bits per heavy atom. The molecule has 0 saturated carbocycles. The lowest BCUT2D eigenvalue weighted by atomic mass is 9.95. The molecule has 1 heterocycles. The second-order valence-corrected chi connectivity index (χ2v) is 9.29. The van der Waals surface area contributed by atoms with Gasteiger partial charge < -0.3 is 42.1 Å². The number of carboxylic acids is 2. The summed E-state index contributed by atoms with van der Waals surface area (Å²) < 4.78 is 0. The van der Waals surface area contributed by atoms with Gasteiger partial charge in [-0.05, 0) is 52.9 Å².